The van der Waals surface area contributed by atoms with Crippen molar-refractivity contribution in [1.29, 1.82) is 0 Å². The van der Waals surface area contributed by atoms with E-state index in [1.807, 2.05) is 0 Å². The molecule has 1 aromatic carbocycles. The van der Waals surface area contributed by atoms with E-state index in [1.54, 1.807) is 32.9 Å². The lowest BCUT2D eigenvalue weighted by molar-refractivity contribution is -0.173. The minimum atomic E-state index is -0.663. The van der Waals surface area contributed by atoms with Gasteiger partial charge < -0.3 is 15.2 Å². The number of carbonyl (C=O) groups excluding carboxylic acids is 2. The van der Waals surface area contributed by atoms with E-state index in [-0.39, 0.29) is 23.6 Å². The molecular weight excluding hydrogens is 337 g/mol. The van der Waals surface area contributed by atoms with E-state index in [0.29, 0.717) is 12.8 Å². The largest absolute Gasteiger partial charge is 0.458 e. The molecule has 1 heterocycles. The first kappa shape index (κ1) is 20.4. The zero-order chi connectivity index (χ0) is 19.3. The van der Waals surface area contributed by atoms with Crippen LogP contribution in [0.2, 0.25) is 0 Å². The van der Waals surface area contributed by atoms with Gasteiger partial charge in [0.15, 0.2) is 0 Å². The second-order valence-electron chi connectivity index (χ2n) is 7.33. The van der Waals surface area contributed by atoms with Gasteiger partial charge in [0.1, 0.15) is 24.1 Å². The van der Waals surface area contributed by atoms with Crippen molar-refractivity contribution in [1.82, 2.24) is 0 Å². The van der Waals surface area contributed by atoms with E-state index in [4.69, 9.17) is 15.2 Å². The summed E-state index contributed by atoms with van der Waals surface area (Å²) in [6.45, 7) is 5.25. The fourth-order valence-corrected chi connectivity index (χ4v) is 3.21. The molecule has 144 valence electrons. The molecule has 0 saturated carbocycles. The molecule has 2 N–H and O–H groups in total. The second-order valence-corrected chi connectivity index (χ2v) is 7.33. The number of esters is 2. The van der Waals surface area contributed by atoms with Gasteiger partial charge in [-0.25, -0.2) is 4.39 Å². The van der Waals surface area contributed by atoms with Gasteiger partial charge in [0.05, 0.1) is 5.92 Å². The summed E-state index contributed by atoms with van der Waals surface area (Å²) < 4.78 is 24.4. The van der Waals surface area contributed by atoms with E-state index in [9.17, 15) is 14.0 Å². The molecule has 0 radical (unpaired) electrons. The summed E-state index contributed by atoms with van der Waals surface area (Å²) >= 11 is 0. The molecule has 6 heteroatoms. The lowest BCUT2D eigenvalue weighted by atomic mass is 9.86. The van der Waals surface area contributed by atoms with Crippen LogP contribution in [0.1, 0.15) is 45.6 Å². The maximum Gasteiger partial charge on any atom is 0.323 e. The Kier molecular flexibility index (Phi) is 7.14. The Morgan fingerprint density at radius 3 is 2.58 bits per heavy atom. The monoisotopic (exact) mass is 365 g/mol. The summed E-state index contributed by atoms with van der Waals surface area (Å²) in [7, 11) is 0. The minimum absolute atomic E-state index is 0.0451. The zero-order valence-electron chi connectivity index (χ0n) is 15.6. The fourth-order valence-electron chi connectivity index (χ4n) is 3.21. The van der Waals surface area contributed by atoms with Crippen molar-refractivity contribution in [2.75, 3.05) is 0 Å². The number of cyclic esters (lactones) is 1. The minimum Gasteiger partial charge on any atom is -0.458 e. The molecule has 0 bridgehead atoms. The third-order valence-corrected chi connectivity index (χ3v) is 4.76. The maximum absolute atomic E-state index is 13.2. The number of ether oxygens (including phenoxy) is 2. The summed E-state index contributed by atoms with van der Waals surface area (Å²) in [6.07, 6.45) is 1.43. The molecule has 1 aliphatic rings. The maximum atomic E-state index is 13.2. The summed E-state index contributed by atoms with van der Waals surface area (Å²) in [5, 5.41) is 0. The van der Waals surface area contributed by atoms with Crippen molar-refractivity contribution in [3.63, 3.8) is 0 Å². The molecule has 1 aromatic rings. The molecule has 26 heavy (non-hydrogen) atoms. The predicted molar refractivity (Wildman–Crippen MR) is 95.7 cm³/mol. The van der Waals surface area contributed by atoms with Crippen LogP contribution in [0.4, 0.5) is 4.39 Å². The summed E-state index contributed by atoms with van der Waals surface area (Å²) in [5.74, 6) is -1.41. The Balaban J connectivity index is 2.25. The van der Waals surface area contributed by atoms with E-state index in [2.05, 4.69) is 0 Å². The van der Waals surface area contributed by atoms with Gasteiger partial charge in [-0.3, -0.25) is 9.59 Å². The molecule has 0 amide bonds. The van der Waals surface area contributed by atoms with Crippen LogP contribution in [0.25, 0.3) is 0 Å². The number of carbonyl (C=O) groups is 2. The van der Waals surface area contributed by atoms with E-state index in [1.165, 1.54) is 12.1 Å². The second kappa shape index (κ2) is 9.12. The lowest BCUT2D eigenvalue weighted by Gasteiger charge is -2.31. The highest BCUT2D eigenvalue weighted by atomic mass is 19.1. The first-order chi connectivity index (χ1) is 12.3. The normalized spacial score (nSPS) is 27.2. The van der Waals surface area contributed by atoms with Crippen molar-refractivity contribution in [3.8, 4) is 0 Å². The molecule has 0 aliphatic carbocycles. The average molecular weight is 365 g/mol. The number of rotatable bonds is 4. The molecule has 5 nitrogen and oxygen atoms in total. The third-order valence-electron chi connectivity index (χ3n) is 4.76. The Hall–Kier alpha value is -1.95. The average Bonchev–Trinajstić information content (AvgIpc) is 2.63. The van der Waals surface area contributed by atoms with Crippen molar-refractivity contribution in [2.45, 2.75) is 64.7 Å². The number of benzene rings is 1. The van der Waals surface area contributed by atoms with Crippen LogP contribution in [0.3, 0.4) is 0 Å². The topological polar surface area (TPSA) is 78.6 Å². The van der Waals surface area contributed by atoms with Crippen LogP contribution in [0.15, 0.2) is 24.3 Å². The van der Waals surface area contributed by atoms with Gasteiger partial charge in [-0.2, -0.15) is 0 Å². The Morgan fingerprint density at radius 1 is 1.31 bits per heavy atom. The number of halogens is 1. The Morgan fingerprint density at radius 2 is 1.96 bits per heavy atom. The number of hydrogen-bond acceptors (Lipinski definition) is 5. The van der Waals surface area contributed by atoms with E-state index in [0.717, 1.165) is 18.4 Å². The van der Waals surface area contributed by atoms with Gasteiger partial charge in [0.2, 0.25) is 0 Å². The lowest BCUT2D eigenvalue weighted by Crippen LogP contribution is -2.42. The van der Waals surface area contributed by atoms with Gasteiger partial charge in [-0.15, -0.1) is 0 Å². The Bertz CT molecular complexity index is 617. The summed E-state index contributed by atoms with van der Waals surface area (Å²) in [5.41, 5.74) is 6.81. The van der Waals surface area contributed by atoms with Gasteiger partial charge in [0, 0.05) is 5.92 Å². The third kappa shape index (κ3) is 5.53. The van der Waals surface area contributed by atoms with Crippen LogP contribution in [0.5, 0.6) is 0 Å². The molecule has 4 atom stereocenters. The highest BCUT2D eigenvalue weighted by molar-refractivity contribution is 5.75. The van der Waals surface area contributed by atoms with Gasteiger partial charge >= 0.3 is 11.9 Å². The standard InChI is InChI=1S/C20H28FNO4/c1-12(2)19(23)26-18-13(3)25-20(24)17(22)6-4-5-15(18)11-14-7-9-16(21)10-8-14/h7-10,12-13,15,17-18H,4-6,11,22H2,1-3H3/t13-,15+,17-,18-/m0/s1. The fraction of sp³-hybridized carbons (Fsp3) is 0.600. The zero-order valence-corrected chi connectivity index (χ0v) is 15.6. The highest BCUT2D eigenvalue weighted by Gasteiger charge is 2.35. The van der Waals surface area contributed by atoms with Crippen LogP contribution in [-0.4, -0.2) is 30.2 Å². The number of nitrogens with two attached hydrogens (primary N) is 1. The van der Waals surface area contributed by atoms with Crippen molar-refractivity contribution in [3.05, 3.63) is 35.6 Å². The van der Waals surface area contributed by atoms with E-state index < -0.39 is 24.2 Å². The summed E-state index contributed by atoms with van der Waals surface area (Å²) in [4.78, 5) is 24.3. The SMILES string of the molecule is CC(C)C(=O)O[C@@H]1[C@@H](Cc2ccc(F)cc2)CCC[C@H](N)C(=O)O[C@H]1C. The molecule has 0 aromatic heterocycles. The molecule has 1 fully saturated rings. The van der Waals surface area contributed by atoms with Crippen LogP contribution < -0.4 is 5.73 Å². The Labute approximate surface area is 154 Å². The highest BCUT2D eigenvalue weighted by Crippen LogP contribution is 2.28. The van der Waals surface area contributed by atoms with Crippen molar-refractivity contribution >= 4 is 11.9 Å². The molecule has 2 rings (SSSR count). The smallest absolute Gasteiger partial charge is 0.323 e. The van der Waals surface area contributed by atoms with Gasteiger partial charge in [-0.05, 0) is 43.9 Å². The van der Waals surface area contributed by atoms with Crippen LogP contribution >= 0.6 is 0 Å². The molecule has 0 spiro atoms. The van der Waals surface area contributed by atoms with Crippen LogP contribution in [0, 0.1) is 17.7 Å². The summed E-state index contributed by atoms with van der Waals surface area (Å²) in [6, 6.07) is 5.62. The first-order valence-electron chi connectivity index (χ1n) is 9.19. The van der Waals surface area contributed by atoms with Gasteiger partial charge in [-0.1, -0.05) is 32.4 Å². The molecule has 1 saturated heterocycles. The number of hydrogen-bond donors (Lipinski definition) is 1. The molecule has 1 aliphatic heterocycles. The predicted octanol–water partition coefficient (Wildman–Crippen LogP) is 3.00. The van der Waals surface area contributed by atoms with Crippen molar-refractivity contribution in [2.24, 2.45) is 17.6 Å². The quantitative estimate of drug-likeness (QED) is 0.830. The molecule has 0 unspecified atom stereocenters. The van der Waals surface area contributed by atoms with Crippen LogP contribution in [-0.2, 0) is 25.5 Å². The molecular formula is C20H28FNO4. The van der Waals surface area contributed by atoms with E-state index >= 15 is 0 Å². The first-order valence-corrected chi connectivity index (χ1v) is 9.19. The van der Waals surface area contributed by atoms with Gasteiger partial charge in [0.25, 0.3) is 0 Å². The van der Waals surface area contributed by atoms with Crippen molar-refractivity contribution < 1.29 is 23.5 Å².